The van der Waals surface area contributed by atoms with Crippen molar-refractivity contribution in [3.63, 3.8) is 0 Å². The van der Waals surface area contributed by atoms with Crippen LogP contribution in [0.15, 0.2) is 30.3 Å². The van der Waals surface area contributed by atoms with Crippen LogP contribution in [0.25, 0.3) is 11.3 Å². The molecule has 0 radical (unpaired) electrons. The SMILES string of the molecule is CC(=O)Nc1c(I)c(-c2ccccc2)nn1C. The van der Waals surface area contributed by atoms with Gasteiger partial charge in [0.2, 0.25) is 5.91 Å². The van der Waals surface area contributed by atoms with Crippen molar-refractivity contribution in [2.75, 3.05) is 5.32 Å². The van der Waals surface area contributed by atoms with E-state index in [0.29, 0.717) is 0 Å². The topological polar surface area (TPSA) is 46.9 Å². The van der Waals surface area contributed by atoms with E-state index in [1.54, 1.807) is 4.68 Å². The Kier molecular flexibility index (Phi) is 3.46. The Morgan fingerprint density at radius 2 is 2.00 bits per heavy atom. The predicted molar refractivity (Wildman–Crippen MR) is 75.7 cm³/mol. The molecule has 1 aromatic heterocycles. The number of aromatic nitrogens is 2. The average Bonchev–Trinajstić information content (AvgIpc) is 2.58. The molecule has 0 fully saturated rings. The molecule has 1 aromatic carbocycles. The van der Waals surface area contributed by atoms with Gasteiger partial charge in [-0.05, 0) is 22.6 Å². The Labute approximate surface area is 113 Å². The molecule has 88 valence electrons. The third-order valence-corrected chi connectivity index (χ3v) is 3.35. The van der Waals surface area contributed by atoms with Gasteiger partial charge in [0.1, 0.15) is 11.5 Å². The molecular formula is C12H12IN3O. The van der Waals surface area contributed by atoms with E-state index in [2.05, 4.69) is 33.0 Å². The number of hydrogen-bond acceptors (Lipinski definition) is 2. The Morgan fingerprint density at radius 1 is 1.35 bits per heavy atom. The summed E-state index contributed by atoms with van der Waals surface area (Å²) in [4.78, 5) is 11.1. The fourth-order valence-electron chi connectivity index (χ4n) is 1.58. The lowest BCUT2D eigenvalue weighted by Gasteiger charge is -2.01. The number of carbonyl (C=O) groups is 1. The molecular weight excluding hydrogens is 329 g/mol. The van der Waals surface area contributed by atoms with E-state index in [9.17, 15) is 4.79 Å². The van der Waals surface area contributed by atoms with E-state index in [1.807, 2.05) is 37.4 Å². The summed E-state index contributed by atoms with van der Waals surface area (Å²) >= 11 is 2.20. The highest BCUT2D eigenvalue weighted by atomic mass is 127. The lowest BCUT2D eigenvalue weighted by molar-refractivity contribution is -0.114. The maximum absolute atomic E-state index is 11.1. The van der Waals surface area contributed by atoms with Gasteiger partial charge in [-0.3, -0.25) is 9.48 Å². The first-order valence-electron chi connectivity index (χ1n) is 5.15. The smallest absolute Gasteiger partial charge is 0.222 e. The summed E-state index contributed by atoms with van der Waals surface area (Å²) in [6, 6.07) is 9.91. The van der Waals surface area contributed by atoms with Crippen molar-refractivity contribution in [2.45, 2.75) is 6.92 Å². The number of rotatable bonds is 2. The molecule has 0 aliphatic heterocycles. The highest BCUT2D eigenvalue weighted by Gasteiger charge is 2.15. The van der Waals surface area contributed by atoms with Crippen molar-refractivity contribution in [1.29, 1.82) is 0 Å². The van der Waals surface area contributed by atoms with Crippen LogP contribution in [-0.2, 0) is 11.8 Å². The van der Waals surface area contributed by atoms with Gasteiger partial charge in [0.15, 0.2) is 0 Å². The molecule has 0 saturated carbocycles. The first kappa shape index (κ1) is 12.1. The maximum Gasteiger partial charge on any atom is 0.222 e. The molecule has 0 atom stereocenters. The summed E-state index contributed by atoms with van der Waals surface area (Å²) in [6.45, 7) is 1.49. The third kappa shape index (κ3) is 2.49. The molecule has 0 aliphatic carbocycles. The molecule has 0 saturated heterocycles. The predicted octanol–water partition coefficient (Wildman–Crippen LogP) is 2.65. The summed E-state index contributed by atoms with van der Waals surface area (Å²) in [6.07, 6.45) is 0. The van der Waals surface area contributed by atoms with Gasteiger partial charge in [0.05, 0.1) is 3.57 Å². The largest absolute Gasteiger partial charge is 0.310 e. The summed E-state index contributed by atoms with van der Waals surface area (Å²) < 4.78 is 2.64. The maximum atomic E-state index is 11.1. The minimum atomic E-state index is -0.0921. The van der Waals surface area contributed by atoms with Crippen LogP contribution in [0.3, 0.4) is 0 Å². The molecule has 1 heterocycles. The number of anilines is 1. The lowest BCUT2D eigenvalue weighted by Crippen LogP contribution is -2.10. The fraction of sp³-hybridized carbons (Fsp3) is 0.167. The summed E-state index contributed by atoms with van der Waals surface area (Å²) in [5.74, 6) is 0.641. The van der Waals surface area contributed by atoms with Crippen LogP contribution in [0.2, 0.25) is 0 Å². The second-order valence-electron chi connectivity index (χ2n) is 3.68. The number of nitrogens with one attached hydrogen (secondary N) is 1. The molecule has 4 nitrogen and oxygen atoms in total. The summed E-state index contributed by atoms with van der Waals surface area (Å²) in [7, 11) is 1.82. The Bertz CT molecular complexity index is 548. The van der Waals surface area contributed by atoms with Crippen LogP contribution in [-0.4, -0.2) is 15.7 Å². The molecule has 0 spiro atoms. The van der Waals surface area contributed by atoms with Crippen LogP contribution in [0.1, 0.15) is 6.92 Å². The Balaban J connectivity index is 2.48. The molecule has 17 heavy (non-hydrogen) atoms. The van der Waals surface area contributed by atoms with E-state index in [0.717, 1.165) is 20.6 Å². The van der Waals surface area contributed by atoms with E-state index < -0.39 is 0 Å². The number of benzene rings is 1. The number of halogens is 1. The van der Waals surface area contributed by atoms with Gasteiger partial charge < -0.3 is 5.32 Å². The van der Waals surface area contributed by atoms with E-state index in [-0.39, 0.29) is 5.91 Å². The van der Waals surface area contributed by atoms with Gasteiger partial charge >= 0.3 is 0 Å². The zero-order valence-corrected chi connectivity index (χ0v) is 11.7. The average molecular weight is 341 g/mol. The Morgan fingerprint density at radius 3 is 2.59 bits per heavy atom. The molecule has 0 bridgehead atoms. The standard InChI is InChI=1S/C12H12IN3O/c1-8(17)14-12-10(13)11(15-16(12)2)9-6-4-3-5-7-9/h3-7H,1-2H3,(H,14,17). The van der Waals surface area contributed by atoms with Crippen LogP contribution < -0.4 is 5.32 Å². The van der Waals surface area contributed by atoms with Crippen molar-refractivity contribution in [1.82, 2.24) is 9.78 Å². The van der Waals surface area contributed by atoms with Crippen molar-refractivity contribution >= 4 is 34.3 Å². The molecule has 2 aromatic rings. The lowest BCUT2D eigenvalue weighted by atomic mass is 10.1. The van der Waals surface area contributed by atoms with Crippen molar-refractivity contribution in [2.24, 2.45) is 7.05 Å². The monoisotopic (exact) mass is 341 g/mol. The Hall–Kier alpha value is -1.37. The summed E-state index contributed by atoms with van der Waals surface area (Å²) in [5, 5.41) is 7.21. The van der Waals surface area contributed by atoms with E-state index in [1.165, 1.54) is 6.92 Å². The molecule has 0 unspecified atom stereocenters. The first-order chi connectivity index (χ1) is 8.09. The number of carbonyl (C=O) groups excluding carboxylic acids is 1. The quantitative estimate of drug-likeness (QED) is 0.854. The minimum Gasteiger partial charge on any atom is -0.310 e. The van der Waals surface area contributed by atoms with Crippen molar-refractivity contribution < 1.29 is 4.79 Å². The molecule has 1 amide bonds. The number of aryl methyl sites for hydroxylation is 1. The zero-order chi connectivity index (χ0) is 12.4. The minimum absolute atomic E-state index is 0.0921. The molecule has 0 aliphatic rings. The fourth-order valence-corrected chi connectivity index (χ4v) is 2.48. The van der Waals surface area contributed by atoms with E-state index >= 15 is 0 Å². The highest BCUT2D eigenvalue weighted by molar-refractivity contribution is 14.1. The van der Waals surface area contributed by atoms with Gasteiger partial charge in [-0.1, -0.05) is 30.3 Å². The molecule has 2 rings (SSSR count). The number of hydrogen-bond donors (Lipinski definition) is 1. The van der Waals surface area contributed by atoms with Gasteiger partial charge in [-0.15, -0.1) is 0 Å². The molecule has 1 N–H and O–H groups in total. The second-order valence-corrected chi connectivity index (χ2v) is 4.76. The highest BCUT2D eigenvalue weighted by Crippen LogP contribution is 2.29. The van der Waals surface area contributed by atoms with Crippen LogP contribution in [0.5, 0.6) is 0 Å². The van der Waals surface area contributed by atoms with Crippen LogP contribution >= 0.6 is 22.6 Å². The molecule has 5 heteroatoms. The van der Waals surface area contributed by atoms with Crippen molar-refractivity contribution in [3.8, 4) is 11.3 Å². The van der Waals surface area contributed by atoms with Crippen LogP contribution in [0.4, 0.5) is 5.82 Å². The van der Waals surface area contributed by atoms with E-state index in [4.69, 9.17) is 0 Å². The van der Waals surface area contributed by atoms with Crippen LogP contribution in [0, 0.1) is 3.57 Å². The van der Waals surface area contributed by atoms with Crippen molar-refractivity contribution in [3.05, 3.63) is 33.9 Å². The number of amides is 1. The first-order valence-corrected chi connectivity index (χ1v) is 6.23. The van der Waals surface area contributed by atoms with Gasteiger partial charge in [-0.25, -0.2) is 0 Å². The third-order valence-electron chi connectivity index (χ3n) is 2.33. The normalized spacial score (nSPS) is 10.3. The van der Waals surface area contributed by atoms with Gasteiger partial charge in [-0.2, -0.15) is 5.10 Å². The summed E-state index contributed by atoms with van der Waals surface area (Å²) in [5.41, 5.74) is 1.93. The van der Waals surface area contributed by atoms with Gasteiger partial charge in [0, 0.05) is 19.5 Å². The second kappa shape index (κ2) is 4.87. The zero-order valence-electron chi connectivity index (χ0n) is 9.57. The van der Waals surface area contributed by atoms with Gasteiger partial charge in [0.25, 0.3) is 0 Å². The number of nitrogens with zero attached hydrogens (tertiary/aromatic N) is 2.